The standard InChI is InChI=1S/C20H19F4NO3S2.C19H17F4NO3S2.BH4.H5P3/c1-3-30(27,28)25(11-13-8-9-16(21)15(10-13)20(22,23)24)19-18(12(2)26)14-6-4-5-7-17(14)29-19;1-11(25)17-13-5-3-4-6-16(13)28-18(17)24(29(2,26)27)10-12-7-8-15(20)14(9-12)19(21,22)23;;1-3-2/h4-10,12,26H,3,11H2,1-2H3;3-9,11,25H,10H2,1-2H3;1H4;3H,1-2H2/q;;-1;/i1-1;;;. The molecule has 346 valence electrons. The van der Waals surface area contributed by atoms with E-state index in [9.17, 15) is 62.2 Å². The van der Waals surface area contributed by atoms with Crippen LogP contribution < -0.4 is 8.61 Å². The van der Waals surface area contributed by atoms with Crippen molar-refractivity contribution in [2.75, 3.05) is 20.6 Å². The Morgan fingerprint density at radius 3 is 1.35 bits per heavy atom. The highest BCUT2D eigenvalue weighted by atomic mass is 32.4. The summed E-state index contributed by atoms with van der Waals surface area (Å²) in [7, 11) is -1.78. The third-order valence-corrected chi connectivity index (χ3v) is 14.4. The minimum absolute atomic E-state index is 0. The monoisotopic (exact) mass is 1020 g/mol. The van der Waals surface area contributed by atoms with Crippen molar-refractivity contribution in [2.24, 2.45) is 0 Å². The van der Waals surface area contributed by atoms with Gasteiger partial charge in [-0.15, -0.1) is 40.5 Å². The number of nitrogens with zero attached hydrogens (tertiary/aromatic N) is 2. The van der Waals surface area contributed by atoms with Crippen LogP contribution in [0.2, 0.25) is 0 Å². The molecule has 4 unspecified atom stereocenters. The minimum atomic E-state index is -4.91. The van der Waals surface area contributed by atoms with E-state index in [1.807, 2.05) is 0 Å². The maximum absolute atomic E-state index is 13.7. The fourth-order valence-electron chi connectivity index (χ4n) is 6.18. The molecule has 0 radical (unpaired) electrons. The van der Waals surface area contributed by atoms with Crippen LogP contribution in [-0.2, 0) is 45.5 Å². The molecule has 4 aromatic carbocycles. The summed E-state index contributed by atoms with van der Waals surface area (Å²) in [6.07, 6.45) is -10.9. The van der Waals surface area contributed by atoms with Gasteiger partial charge in [-0.25, -0.2) is 25.6 Å². The van der Waals surface area contributed by atoms with E-state index in [2.05, 4.69) is 17.9 Å². The fourth-order valence-corrected chi connectivity index (χ4v) is 11.3. The van der Waals surface area contributed by atoms with Gasteiger partial charge in [0.2, 0.25) is 20.0 Å². The number of anilines is 2. The number of thiophene rings is 2. The second-order valence-electron chi connectivity index (χ2n) is 13.5. The molecule has 0 amide bonds. The molecule has 63 heavy (non-hydrogen) atoms. The van der Waals surface area contributed by atoms with Gasteiger partial charge < -0.3 is 10.2 Å². The van der Waals surface area contributed by atoms with E-state index in [-0.39, 0.29) is 35.3 Å². The Labute approximate surface area is 376 Å². The van der Waals surface area contributed by atoms with Crippen LogP contribution in [0.5, 0.6) is 0 Å². The van der Waals surface area contributed by atoms with E-state index >= 15 is 0 Å². The van der Waals surface area contributed by atoms with E-state index in [1.165, 1.54) is 20.8 Å². The molecule has 4 atom stereocenters. The van der Waals surface area contributed by atoms with Gasteiger partial charge in [0, 0.05) is 31.3 Å². The average Bonchev–Trinajstić information content (AvgIpc) is 3.75. The third kappa shape index (κ3) is 13.3. The van der Waals surface area contributed by atoms with Crippen molar-refractivity contribution in [2.45, 2.75) is 58.4 Å². The van der Waals surface area contributed by atoms with E-state index in [4.69, 9.17) is 0 Å². The zero-order chi connectivity index (χ0) is 46.5. The Kier molecular flexibility index (Phi) is 19.0. The molecule has 0 bridgehead atoms. The lowest BCUT2D eigenvalue weighted by molar-refractivity contribution is -0.140. The highest BCUT2D eigenvalue weighted by molar-refractivity contribution is 8.33. The molecule has 0 spiro atoms. The average molecular weight is 1020 g/mol. The maximum atomic E-state index is 13.7. The molecule has 0 fully saturated rings. The van der Waals surface area contributed by atoms with Crippen LogP contribution in [0.25, 0.3) is 20.2 Å². The van der Waals surface area contributed by atoms with Gasteiger partial charge >= 0.3 is 12.4 Å². The van der Waals surface area contributed by atoms with E-state index in [0.29, 0.717) is 46.2 Å². The lowest BCUT2D eigenvalue weighted by Crippen LogP contribution is -2.32. The molecule has 6 aromatic rings. The molecule has 0 aliphatic carbocycles. The van der Waals surface area contributed by atoms with Gasteiger partial charge in [-0.3, -0.25) is 8.61 Å². The molecule has 2 heterocycles. The Hall–Kier alpha value is -2.99. The van der Waals surface area contributed by atoms with Crippen LogP contribution in [0, 0.1) is 11.6 Å². The number of fused-ring (bicyclic) bond motifs is 2. The van der Waals surface area contributed by atoms with Gasteiger partial charge in [-0.05, 0) is 68.3 Å². The highest BCUT2D eigenvalue weighted by Gasteiger charge is 2.36. The molecule has 6 rings (SSSR count). The summed E-state index contributed by atoms with van der Waals surface area (Å²) in [5.41, 5.74) is -2.22. The van der Waals surface area contributed by atoms with Crippen molar-refractivity contribution < 1.29 is 62.2 Å². The van der Waals surface area contributed by atoms with Crippen molar-refractivity contribution >= 4 is 107 Å². The van der Waals surface area contributed by atoms with Gasteiger partial charge in [0.15, 0.2) is 0 Å². The maximum Gasteiger partial charge on any atom is 0.419 e. The summed E-state index contributed by atoms with van der Waals surface area (Å²) in [6.45, 7) is 3.54. The summed E-state index contributed by atoms with van der Waals surface area (Å²) in [5.74, 6) is -3.16. The molecular weight excluding hydrogens is 975 g/mol. The van der Waals surface area contributed by atoms with Crippen molar-refractivity contribution in [3.8, 4) is 0 Å². The van der Waals surface area contributed by atoms with E-state index in [1.54, 1.807) is 48.5 Å². The first-order valence-electron chi connectivity index (χ1n) is 18.0. The summed E-state index contributed by atoms with van der Waals surface area (Å²) >= 11 is 2.23. The zero-order valence-electron chi connectivity index (χ0n) is 33.1. The van der Waals surface area contributed by atoms with Crippen molar-refractivity contribution in [3.05, 3.63) is 130 Å². The van der Waals surface area contributed by atoms with Gasteiger partial charge in [-0.1, -0.05) is 64.9 Å². The summed E-state index contributed by atoms with van der Waals surface area (Å²) in [6, 6.07) is 18.8. The van der Waals surface area contributed by atoms with E-state index < -0.39 is 80.5 Å². The first-order chi connectivity index (χ1) is 28.8. The summed E-state index contributed by atoms with van der Waals surface area (Å²) in [5, 5.41) is 22.3. The largest absolute Gasteiger partial charge is 0.419 e. The Bertz CT molecular complexity index is 2740. The van der Waals surface area contributed by atoms with Crippen LogP contribution in [0.1, 0.15) is 66.4 Å². The lowest BCUT2D eigenvalue weighted by atomic mass is 10.1. The van der Waals surface area contributed by atoms with Crippen LogP contribution in [-0.4, -0.2) is 47.5 Å². The highest BCUT2D eigenvalue weighted by Crippen LogP contribution is 2.45. The smallest absolute Gasteiger partial charge is 0.389 e. The van der Waals surface area contributed by atoms with Crippen LogP contribution >= 0.6 is 48.5 Å². The molecule has 2 aromatic heterocycles. The third-order valence-electron chi connectivity index (χ3n) is 8.94. The Morgan fingerprint density at radius 1 is 0.667 bits per heavy atom. The predicted octanol–water partition coefficient (Wildman–Crippen LogP) is 10.3. The normalized spacial score (nSPS) is 13.0. The Morgan fingerprint density at radius 2 is 1.02 bits per heavy atom. The van der Waals surface area contributed by atoms with Crippen LogP contribution in [0.4, 0.5) is 45.1 Å². The predicted molar refractivity (Wildman–Crippen MR) is 253 cm³/mol. The van der Waals surface area contributed by atoms with E-state index in [0.717, 1.165) is 67.0 Å². The molecule has 0 aliphatic rings. The molecule has 2 N–H and O–H groups in total. The summed E-state index contributed by atoms with van der Waals surface area (Å²) < 4.78 is 160. The number of hydrogen-bond donors (Lipinski definition) is 2. The van der Waals surface area contributed by atoms with Crippen LogP contribution in [0.15, 0.2) is 84.9 Å². The van der Waals surface area contributed by atoms with Gasteiger partial charge in [0.1, 0.15) is 21.6 Å². The molecular formula is C39H45BF8N2O6P3S4-. The molecule has 0 saturated heterocycles. The van der Waals surface area contributed by atoms with Crippen molar-refractivity contribution in [1.29, 1.82) is 0 Å². The number of halogens is 8. The zero-order valence-corrected chi connectivity index (χ0v) is 39.7. The number of rotatable bonds is 11. The van der Waals surface area contributed by atoms with Crippen LogP contribution in [0.3, 0.4) is 0 Å². The quantitative estimate of drug-likeness (QED) is 0.0759. The fraction of sp³-hybridized carbons (Fsp3) is 0.282. The Balaban J connectivity index is 0.000000311. The molecule has 0 saturated carbocycles. The van der Waals surface area contributed by atoms with Crippen molar-refractivity contribution in [3.63, 3.8) is 0 Å². The summed E-state index contributed by atoms with van der Waals surface area (Å²) in [4.78, 5) is 0. The van der Waals surface area contributed by atoms with Gasteiger partial charge in [0.25, 0.3) is 0 Å². The first kappa shape index (κ1) is 54.3. The van der Waals surface area contributed by atoms with Gasteiger partial charge in [-0.2, -0.15) is 26.3 Å². The molecule has 24 heteroatoms. The molecule has 0 aliphatic heterocycles. The van der Waals surface area contributed by atoms with Crippen molar-refractivity contribution in [1.82, 2.24) is 0 Å². The second-order valence-corrected chi connectivity index (χ2v) is 23.9. The second kappa shape index (κ2) is 22.0. The van der Waals surface area contributed by atoms with Gasteiger partial charge in [0.05, 0.1) is 48.4 Å². The SMILES string of the molecule is CC(O)c1c(N(Cc2ccc(F)c(C(F)(F)F)c2)S(=O)(=O)C[11CH3])sc2ccccc12.CC(O)c1c(N(Cc2ccc(F)c(C(F)(F)F)c2)S(C)(=O)=O)sc2ccccc12.PPP.[BH4-]. The number of benzene rings is 4. The number of sulfonamides is 2. The number of hydrogen-bond acceptors (Lipinski definition) is 8. The lowest BCUT2D eigenvalue weighted by Gasteiger charge is -2.25. The topological polar surface area (TPSA) is 115 Å². The number of aliphatic hydroxyl groups excluding tert-OH is 2. The minimum Gasteiger partial charge on any atom is -0.389 e. The molecule has 8 nitrogen and oxygen atoms in total. The first-order valence-corrected chi connectivity index (χ1v) is 27.7. The number of alkyl halides is 6. The number of aliphatic hydroxyl groups is 2.